The Morgan fingerprint density at radius 2 is 1.92 bits per heavy atom. The highest BCUT2D eigenvalue weighted by Crippen LogP contribution is 2.46. The number of hydrogen-bond acceptors (Lipinski definition) is 8. The molecule has 0 aliphatic carbocycles. The molecular formula is C27H25FN4O4S. The molecule has 1 aliphatic heterocycles. The van der Waals surface area contributed by atoms with E-state index in [4.69, 9.17) is 16.2 Å². The Morgan fingerprint density at radius 3 is 2.62 bits per heavy atom. The van der Waals surface area contributed by atoms with E-state index >= 15 is 0 Å². The summed E-state index contributed by atoms with van der Waals surface area (Å²) in [6, 6.07) is 12.5. The number of thiazole rings is 1. The van der Waals surface area contributed by atoms with Gasteiger partial charge >= 0.3 is 0 Å². The smallest absolute Gasteiger partial charge is 0.231 e. The number of rotatable bonds is 7. The largest absolute Gasteiger partial charge is 0.489 e. The fourth-order valence-electron chi connectivity index (χ4n) is 4.41. The number of ketones is 1. The number of fused-ring (bicyclic) bond motifs is 2. The number of amides is 1. The maximum Gasteiger partial charge on any atom is 0.231 e. The fourth-order valence-corrected chi connectivity index (χ4v) is 5.19. The summed E-state index contributed by atoms with van der Waals surface area (Å²) >= 11 is 1.30. The number of pyridine rings is 1. The molecule has 2 atom stereocenters. The SMILES string of the molecule is C[C@](O)(CCC(=O)c1ccc2nc(N)sc2c1)c1cc2c(c(-c3ccc(F)cc3)n1)OC[C@]2(C)C(N)=O. The van der Waals surface area contributed by atoms with Gasteiger partial charge in [-0.3, -0.25) is 9.59 Å². The number of hydrogen-bond donors (Lipinski definition) is 3. The number of anilines is 1. The van der Waals surface area contributed by atoms with Crippen LogP contribution in [0, 0.1) is 5.82 Å². The third-order valence-corrected chi connectivity index (χ3v) is 7.70. The van der Waals surface area contributed by atoms with Crippen LogP contribution in [0.2, 0.25) is 0 Å². The lowest BCUT2D eigenvalue weighted by Crippen LogP contribution is -2.40. The van der Waals surface area contributed by atoms with Gasteiger partial charge in [0.1, 0.15) is 34.9 Å². The van der Waals surface area contributed by atoms with Gasteiger partial charge in [-0.25, -0.2) is 14.4 Å². The number of carbonyl (C=O) groups excluding carboxylic acids is 2. The van der Waals surface area contributed by atoms with Gasteiger partial charge in [0, 0.05) is 23.1 Å². The molecule has 0 saturated carbocycles. The van der Waals surface area contributed by atoms with Crippen LogP contribution in [0.3, 0.4) is 0 Å². The van der Waals surface area contributed by atoms with Crippen LogP contribution < -0.4 is 16.2 Å². The van der Waals surface area contributed by atoms with Gasteiger partial charge in [-0.05, 0) is 68.8 Å². The van der Waals surface area contributed by atoms with Gasteiger partial charge in [0.15, 0.2) is 10.9 Å². The van der Waals surface area contributed by atoms with Crippen molar-refractivity contribution in [1.82, 2.24) is 9.97 Å². The molecule has 1 aliphatic rings. The van der Waals surface area contributed by atoms with E-state index in [2.05, 4.69) is 9.97 Å². The van der Waals surface area contributed by atoms with E-state index in [9.17, 15) is 19.1 Å². The standard InChI is InChI=1S/C27H25FN4O4S/c1-26(24(29)34)13-36-23-17(26)12-21(32-22(23)14-3-6-16(28)7-4-14)27(2,35)10-9-19(33)15-5-8-18-20(11-15)37-25(30)31-18/h3-8,11-12,35H,9-10,13H2,1-2H3,(H2,29,34)(H2,30,31)/t26-,27-/m0/s1. The minimum absolute atomic E-state index is 0.0161. The molecule has 0 bridgehead atoms. The Bertz CT molecular complexity index is 1550. The number of ether oxygens (including phenoxy) is 1. The fraction of sp³-hybridized carbons (Fsp3) is 0.259. The molecule has 0 spiro atoms. The summed E-state index contributed by atoms with van der Waals surface area (Å²) in [5.41, 5.74) is 11.7. The van der Waals surface area contributed by atoms with Gasteiger partial charge in [0.25, 0.3) is 0 Å². The number of carbonyl (C=O) groups is 2. The molecule has 1 amide bonds. The van der Waals surface area contributed by atoms with E-state index in [-0.39, 0.29) is 30.9 Å². The van der Waals surface area contributed by atoms with Crippen molar-refractivity contribution < 1.29 is 23.8 Å². The van der Waals surface area contributed by atoms with Crippen molar-refractivity contribution in [1.29, 1.82) is 0 Å². The van der Waals surface area contributed by atoms with Crippen molar-refractivity contribution in [3.05, 3.63) is 71.2 Å². The van der Waals surface area contributed by atoms with Crippen LogP contribution in [0.5, 0.6) is 5.75 Å². The number of benzene rings is 2. The number of Topliss-reactive ketones (excluding diaryl/α,β-unsaturated/α-hetero) is 1. The van der Waals surface area contributed by atoms with Gasteiger partial charge in [-0.1, -0.05) is 11.3 Å². The molecule has 3 heterocycles. The van der Waals surface area contributed by atoms with E-state index in [0.29, 0.717) is 33.3 Å². The Kier molecular flexibility index (Phi) is 5.96. The Labute approximate surface area is 216 Å². The van der Waals surface area contributed by atoms with Crippen LogP contribution >= 0.6 is 11.3 Å². The topological polar surface area (TPSA) is 141 Å². The molecule has 4 aromatic rings. The van der Waals surface area contributed by atoms with Crippen molar-refractivity contribution in [3.63, 3.8) is 0 Å². The molecule has 0 radical (unpaired) electrons. The predicted molar refractivity (Wildman–Crippen MR) is 139 cm³/mol. The highest BCUT2D eigenvalue weighted by atomic mass is 32.1. The van der Waals surface area contributed by atoms with Crippen molar-refractivity contribution in [2.75, 3.05) is 12.3 Å². The molecule has 0 fully saturated rings. The number of nitrogens with two attached hydrogens (primary N) is 2. The minimum Gasteiger partial charge on any atom is -0.489 e. The van der Waals surface area contributed by atoms with E-state index in [0.717, 1.165) is 10.2 Å². The van der Waals surface area contributed by atoms with Gasteiger partial charge < -0.3 is 21.3 Å². The van der Waals surface area contributed by atoms with Gasteiger partial charge in [-0.15, -0.1) is 0 Å². The Morgan fingerprint density at radius 1 is 1.19 bits per heavy atom. The first-order valence-electron chi connectivity index (χ1n) is 11.6. The van der Waals surface area contributed by atoms with Crippen LogP contribution in [0.25, 0.3) is 21.5 Å². The molecule has 5 rings (SSSR count). The molecule has 2 aromatic carbocycles. The van der Waals surface area contributed by atoms with Crippen molar-refractivity contribution >= 4 is 38.4 Å². The molecule has 0 unspecified atom stereocenters. The van der Waals surface area contributed by atoms with E-state index in [1.807, 2.05) is 0 Å². The zero-order valence-electron chi connectivity index (χ0n) is 20.2. The lowest BCUT2D eigenvalue weighted by molar-refractivity contribution is -0.123. The maximum atomic E-state index is 13.6. The molecule has 2 aromatic heterocycles. The first-order valence-corrected chi connectivity index (χ1v) is 12.5. The molecule has 10 heteroatoms. The van der Waals surface area contributed by atoms with Crippen LogP contribution in [-0.4, -0.2) is 33.4 Å². The van der Waals surface area contributed by atoms with Gasteiger partial charge in [0.05, 0.1) is 15.9 Å². The Balaban J connectivity index is 1.49. The van der Waals surface area contributed by atoms with E-state index in [1.54, 1.807) is 50.2 Å². The van der Waals surface area contributed by atoms with Crippen molar-refractivity contribution in [3.8, 4) is 17.0 Å². The monoisotopic (exact) mass is 520 g/mol. The first-order chi connectivity index (χ1) is 17.5. The van der Waals surface area contributed by atoms with Crippen molar-refractivity contribution in [2.45, 2.75) is 37.7 Å². The Hall–Kier alpha value is -3.89. The third-order valence-electron chi connectivity index (χ3n) is 6.85. The number of aromatic nitrogens is 2. The number of nitrogen functional groups attached to an aromatic ring is 1. The van der Waals surface area contributed by atoms with E-state index in [1.165, 1.54) is 23.5 Å². The average Bonchev–Trinajstić information content (AvgIpc) is 3.41. The number of aliphatic hydroxyl groups is 1. The minimum atomic E-state index is -1.53. The van der Waals surface area contributed by atoms with Gasteiger partial charge in [-0.2, -0.15) is 0 Å². The highest BCUT2D eigenvalue weighted by Gasteiger charge is 2.45. The zero-order valence-corrected chi connectivity index (χ0v) is 21.1. The molecule has 190 valence electrons. The molecule has 5 N–H and O–H groups in total. The van der Waals surface area contributed by atoms with Crippen LogP contribution in [0.1, 0.15) is 48.3 Å². The van der Waals surface area contributed by atoms with Crippen LogP contribution in [0.4, 0.5) is 9.52 Å². The average molecular weight is 521 g/mol. The lowest BCUT2D eigenvalue weighted by atomic mass is 9.81. The van der Waals surface area contributed by atoms with Crippen LogP contribution in [0.15, 0.2) is 48.5 Å². The zero-order chi connectivity index (χ0) is 26.5. The summed E-state index contributed by atoms with van der Waals surface area (Å²) in [4.78, 5) is 34.2. The molecule has 8 nitrogen and oxygen atoms in total. The van der Waals surface area contributed by atoms with Gasteiger partial charge in [0.2, 0.25) is 5.91 Å². The molecule has 0 saturated heterocycles. The van der Waals surface area contributed by atoms with Crippen LogP contribution in [-0.2, 0) is 15.8 Å². The summed E-state index contributed by atoms with van der Waals surface area (Å²) in [6.07, 6.45) is 0.110. The summed E-state index contributed by atoms with van der Waals surface area (Å²) in [5, 5.41) is 11.9. The molecular weight excluding hydrogens is 495 g/mol. The number of primary amides is 1. The first kappa shape index (κ1) is 24.8. The van der Waals surface area contributed by atoms with Crippen molar-refractivity contribution in [2.24, 2.45) is 5.73 Å². The summed E-state index contributed by atoms with van der Waals surface area (Å²) in [7, 11) is 0. The maximum absolute atomic E-state index is 13.6. The second kappa shape index (κ2) is 8.89. The van der Waals surface area contributed by atoms with E-state index < -0.39 is 22.7 Å². The summed E-state index contributed by atoms with van der Waals surface area (Å²) in [5.74, 6) is -0.786. The third kappa shape index (κ3) is 4.42. The normalized spacial score (nSPS) is 18.3. The number of halogens is 1. The highest BCUT2D eigenvalue weighted by molar-refractivity contribution is 7.22. The molecule has 37 heavy (non-hydrogen) atoms. The number of nitrogens with zero attached hydrogens (tertiary/aromatic N) is 2. The second-order valence-electron chi connectivity index (χ2n) is 9.66. The quantitative estimate of drug-likeness (QED) is 0.312. The summed E-state index contributed by atoms with van der Waals surface area (Å²) in [6.45, 7) is 3.25. The predicted octanol–water partition coefficient (Wildman–Crippen LogP) is 4.09. The lowest BCUT2D eigenvalue weighted by Gasteiger charge is -2.26. The second-order valence-corrected chi connectivity index (χ2v) is 10.7. The summed E-state index contributed by atoms with van der Waals surface area (Å²) < 4.78 is 20.2.